The summed E-state index contributed by atoms with van der Waals surface area (Å²) in [5.41, 5.74) is 1.40. The molecule has 132 valence electrons. The summed E-state index contributed by atoms with van der Waals surface area (Å²) in [5.74, 6) is 1.33. The summed E-state index contributed by atoms with van der Waals surface area (Å²) >= 11 is 0. The van der Waals surface area contributed by atoms with Gasteiger partial charge >= 0.3 is 5.97 Å². The van der Waals surface area contributed by atoms with Crippen LogP contribution in [0.2, 0.25) is 0 Å². The molecule has 0 spiro atoms. The highest BCUT2D eigenvalue weighted by Gasteiger charge is 2.28. The molecule has 0 aliphatic heterocycles. The molecule has 3 rings (SSSR count). The highest BCUT2D eigenvalue weighted by atomic mass is 16.5. The summed E-state index contributed by atoms with van der Waals surface area (Å²) in [4.78, 5) is 12.4. The molecule has 1 aromatic rings. The summed E-state index contributed by atoms with van der Waals surface area (Å²) in [6, 6.07) is 8.22. The number of ether oxygens (including phenoxy) is 2. The molecule has 0 radical (unpaired) electrons. The Bertz CT molecular complexity index is 508. The predicted molar refractivity (Wildman–Crippen MR) is 95.3 cm³/mol. The van der Waals surface area contributed by atoms with Crippen LogP contribution in [0, 0.1) is 5.92 Å². The Morgan fingerprint density at radius 3 is 2.25 bits per heavy atom. The van der Waals surface area contributed by atoms with Gasteiger partial charge in [-0.05, 0) is 69.1 Å². The largest absolute Gasteiger partial charge is 0.426 e. The van der Waals surface area contributed by atoms with Crippen molar-refractivity contribution in [1.82, 2.24) is 0 Å². The Morgan fingerprint density at radius 2 is 1.62 bits per heavy atom. The number of hydrogen-bond donors (Lipinski definition) is 0. The molecule has 0 N–H and O–H groups in total. The number of esters is 1. The van der Waals surface area contributed by atoms with E-state index in [1.807, 2.05) is 19.1 Å². The van der Waals surface area contributed by atoms with Crippen molar-refractivity contribution in [2.45, 2.75) is 76.7 Å². The van der Waals surface area contributed by atoms with Crippen molar-refractivity contribution in [2.24, 2.45) is 5.92 Å². The molecular weight excluding hydrogens is 300 g/mol. The van der Waals surface area contributed by atoms with Gasteiger partial charge in [0.15, 0.2) is 0 Å². The summed E-state index contributed by atoms with van der Waals surface area (Å²) < 4.78 is 11.3. The van der Waals surface area contributed by atoms with Gasteiger partial charge in [0.2, 0.25) is 0 Å². The van der Waals surface area contributed by atoms with Crippen LogP contribution in [0.4, 0.5) is 0 Å². The van der Waals surface area contributed by atoms with Gasteiger partial charge in [-0.15, -0.1) is 0 Å². The molecule has 0 unspecified atom stereocenters. The maximum atomic E-state index is 12.4. The van der Waals surface area contributed by atoms with E-state index in [0.717, 1.165) is 32.3 Å². The van der Waals surface area contributed by atoms with E-state index in [1.54, 1.807) is 0 Å². The summed E-state index contributed by atoms with van der Waals surface area (Å²) in [7, 11) is 0. The molecule has 0 aromatic heterocycles. The zero-order valence-corrected chi connectivity index (χ0v) is 14.8. The molecule has 0 amide bonds. The quantitative estimate of drug-likeness (QED) is 0.547. The van der Waals surface area contributed by atoms with E-state index >= 15 is 0 Å². The number of carbonyl (C=O) groups excluding carboxylic acids is 1. The van der Waals surface area contributed by atoms with Crippen LogP contribution in [0.5, 0.6) is 5.75 Å². The number of carbonyl (C=O) groups is 1. The van der Waals surface area contributed by atoms with Crippen LogP contribution in [0.15, 0.2) is 24.3 Å². The lowest BCUT2D eigenvalue weighted by Gasteiger charge is -2.27. The fourth-order valence-electron chi connectivity index (χ4n) is 4.14. The van der Waals surface area contributed by atoms with Gasteiger partial charge < -0.3 is 9.47 Å². The highest BCUT2D eigenvalue weighted by Crippen LogP contribution is 2.33. The second kappa shape index (κ2) is 8.66. The second-order valence-corrected chi connectivity index (χ2v) is 7.25. The normalized spacial score (nSPS) is 25.4. The van der Waals surface area contributed by atoms with E-state index in [0.29, 0.717) is 17.8 Å². The molecule has 0 bridgehead atoms. The molecule has 2 fully saturated rings. The molecule has 1 aromatic carbocycles. The van der Waals surface area contributed by atoms with E-state index in [2.05, 4.69) is 12.1 Å². The van der Waals surface area contributed by atoms with Crippen molar-refractivity contribution >= 4 is 5.97 Å². The van der Waals surface area contributed by atoms with E-state index in [1.165, 1.54) is 37.7 Å². The van der Waals surface area contributed by atoms with Crippen molar-refractivity contribution < 1.29 is 14.3 Å². The van der Waals surface area contributed by atoms with Gasteiger partial charge in [-0.2, -0.15) is 0 Å². The molecule has 0 atom stereocenters. The van der Waals surface area contributed by atoms with E-state index < -0.39 is 0 Å². The minimum absolute atomic E-state index is 0.0275. The van der Waals surface area contributed by atoms with Crippen LogP contribution < -0.4 is 4.74 Å². The zero-order valence-electron chi connectivity index (χ0n) is 14.8. The van der Waals surface area contributed by atoms with Crippen molar-refractivity contribution in [3.05, 3.63) is 29.8 Å². The third-order valence-electron chi connectivity index (χ3n) is 5.59. The first-order chi connectivity index (χ1) is 11.8. The van der Waals surface area contributed by atoms with Crippen molar-refractivity contribution in [3.8, 4) is 5.75 Å². The summed E-state index contributed by atoms with van der Waals surface area (Å²) in [6.07, 6.45) is 10.7. The molecule has 2 saturated carbocycles. The number of hydrogen-bond acceptors (Lipinski definition) is 3. The Kier molecular flexibility index (Phi) is 6.30. The Hall–Kier alpha value is -1.35. The molecular formula is C21H30O3. The monoisotopic (exact) mass is 330 g/mol. The standard InChI is InChI=1S/C21H30O3/c1-2-23-19-12-10-18(11-13-19)21(22)24-20-14-8-17(9-15-20)16-6-4-3-5-7-16/h8-9,14-16,18-19H,2-7,10-13H2,1H3. The van der Waals surface area contributed by atoms with Crippen molar-refractivity contribution in [1.29, 1.82) is 0 Å². The average molecular weight is 330 g/mol. The minimum atomic E-state index is -0.0737. The lowest BCUT2D eigenvalue weighted by atomic mass is 9.84. The van der Waals surface area contributed by atoms with Crippen LogP contribution in [0.3, 0.4) is 0 Å². The SMILES string of the molecule is CCOC1CCC(C(=O)Oc2ccc(C3CCCCC3)cc2)CC1. The molecule has 2 aliphatic rings. The van der Waals surface area contributed by atoms with Gasteiger partial charge in [0.05, 0.1) is 12.0 Å². The molecule has 2 aliphatic carbocycles. The maximum Gasteiger partial charge on any atom is 0.314 e. The van der Waals surface area contributed by atoms with Gasteiger partial charge in [0.1, 0.15) is 5.75 Å². The Morgan fingerprint density at radius 1 is 0.958 bits per heavy atom. The van der Waals surface area contributed by atoms with Crippen LogP contribution in [-0.2, 0) is 9.53 Å². The van der Waals surface area contributed by atoms with Gasteiger partial charge in [0, 0.05) is 6.61 Å². The topological polar surface area (TPSA) is 35.5 Å². The fourth-order valence-corrected chi connectivity index (χ4v) is 4.14. The Labute approximate surface area is 145 Å². The van der Waals surface area contributed by atoms with Gasteiger partial charge in [0.25, 0.3) is 0 Å². The molecule has 3 heteroatoms. The van der Waals surface area contributed by atoms with Gasteiger partial charge in [-0.3, -0.25) is 4.79 Å². The number of benzene rings is 1. The first-order valence-corrected chi connectivity index (χ1v) is 9.69. The lowest BCUT2D eigenvalue weighted by molar-refractivity contribution is -0.141. The fraction of sp³-hybridized carbons (Fsp3) is 0.667. The Balaban J connectivity index is 1.49. The lowest BCUT2D eigenvalue weighted by Crippen LogP contribution is -2.28. The van der Waals surface area contributed by atoms with E-state index in [4.69, 9.17) is 9.47 Å². The summed E-state index contributed by atoms with van der Waals surface area (Å²) in [6.45, 7) is 2.78. The molecule has 0 saturated heterocycles. The van der Waals surface area contributed by atoms with Crippen molar-refractivity contribution in [3.63, 3.8) is 0 Å². The predicted octanol–water partition coefficient (Wildman–Crippen LogP) is 5.24. The second-order valence-electron chi connectivity index (χ2n) is 7.25. The molecule has 3 nitrogen and oxygen atoms in total. The first kappa shape index (κ1) is 17.5. The number of rotatable bonds is 5. The molecule has 24 heavy (non-hydrogen) atoms. The van der Waals surface area contributed by atoms with Crippen LogP contribution in [0.1, 0.15) is 76.2 Å². The van der Waals surface area contributed by atoms with Crippen LogP contribution in [-0.4, -0.2) is 18.7 Å². The summed E-state index contributed by atoms with van der Waals surface area (Å²) in [5, 5.41) is 0. The third-order valence-corrected chi connectivity index (χ3v) is 5.59. The first-order valence-electron chi connectivity index (χ1n) is 9.69. The van der Waals surface area contributed by atoms with Gasteiger partial charge in [-0.1, -0.05) is 31.4 Å². The molecule has 0 heterocycles. The average Bonchev–Trinajstić information content (AvgIpc) is 2.64. The zero-order chi connectivity index (χ0) is 16.8. The van der Waals surface area contributed by atoms with Crippen molar-refractivity contribution in [2.75, 3.05) is 6.61 Å². The minimum Gasteiger partial charge on any atom is -0.426 e. The van der Waals surface area contributed by atoms with E-state index in [-0.39, 0.29) is 11.9 Å². The maximum absolute atomic E-state index is 12.4. The third kappa shape index (κ3) is 4.60. The van der Waals surface area contributed by atoms with Crippen LogP contribution >= 0.6 is 0 Å². The van der Waals surface area contributed by atoms with E-state index in [9.17, 15) is 4.79 Å². The van der Waals surface area contributed by atoms with Gasteiger partial charge in [-0.25, -0.2) is 0 Å². The highest BCUT2D eigenvalue weighted by molar-refractivity contribution is 5.75. The van der Waals surface area contributed by atoms with Crippen LogP contribution in [0.25, 0.3) is 0 Å². The smallest absolute Gasteiger partial charge is 0.314 e.